The van der Waals surface area contributed by atoms with E-state index in [-0.39, 0.29) is 22.8 Å². The first-order chi connectivity index (χ1) is 17.2. The number of hydrogen-bond donors (Lipinski definition) is 1. The summed E-state index contributed by atoms with van der Waals surface area (Å²) in [7, 11) is 0. The van der Waals surface area contributed by atoms with Crippen LogP contribution in [0, 0.1) is 0 Å². The number of ether oxygens (including phenoxy) is 1. The maximum atomic E-state index is 13.3. The Balaban J connectivity index is 1.32. The molecule has 2 aliphatic rings. The molecule has 7 nitrogen and oxygen atoms in total. The molecule has 1 saturated heterocycles. The minimum absolute atomic E-state index is 0.0235. The largest absolute Gasteiger partial charge is 0.379 e. The molecule has 35 heavy (non-hydrogen) atoms. The first-order valence-electron chi connectivity index (χ1n) is 12.5. The summed E-state index contributed by atoms with van der Waals surface area (Å²) in [4.78, 5) is 33.6. The minimum Gasteiger partial charge on any atom is -0.379 e. The molecule has 1 aliphatic heterocycles. The predicted octanol–water partition coefficient (Wildman–Crippen LogP) is 3.63. The molecule has 1 aliphatic carbocycles. The Kier molecular flexibility index (Phi) is 7.51. The summed E-state index contributed by atoms with van der Waals surface area (Å²) < 4.78 is 7.18. The van der Waals surface area contributed by atoms with E-state index in [9.17, 15) is 9.59 Å². The van der Waals surface area contributed by atoms with Crippen molar-refractivity contribution in [3.05, 3.63) is 65.0 Å². The van der Waals surface area contributed by atoms with Gasteiger partial charge in [-0.2, -0.15) is 0 Å². The molecule has 8 heteroatoms. The molecule has 1 amide bonds. The lowest BCUT2D eigenvalue weighted by Crippen LogP contribution is -2.59. The van der Waals surface area contributed by atoms with E-state index in [0.29, 0.717) is 22.6 Å². The monoisotopic (exact) mass is 492 g/mol. The van der Waals surface area contributed by atoms with Gasteiger partial charge in [-0.1, -0.05) is 61.4 Å². The molecule has 2 heterocycles. The summed E-state index contributed by atoms with van der Waals surface area (Å²) in [6, 6.07) is 16.8. The zero-order valence-corrected chi connectivity index (χ0v) is 20.8. The van der Waals surface area contributed by atoms with Crippen molar-refractivity contribution < 1.29 is 9.53 Å². The van der Waals surface area contributed by atoms with Gasteiger partial charge in [0, 0.05) is 25.2 Å². The van der Waals surface area contributed by atoms with Crippen LogP contribution < -0.4 is 10.9 Å². The van der Waals surface area contributed by atoms with Crippen molar-refractivity contribution in [2.45, 2.75) is 42.8 Å². The lowest BCUT2D eigenvalue weighted by molar-refractivity contribution is -0.119. The predicted molar refractivity (Wildman–Crippen MR) is 139 cm³/mol. The van der Waals surface area contributed by atoms with E-state index in [1.54, 1.807) is 10.6 Å². The molecule has 0 bridgehead atoms. The van der Waals surface area contributed by atoms with Crippen LogP contribution in [0.1, 0.15) is 32.1 Å². The van der Waals surface area contributed by atoms with E-state index in [1.807, 2.05) is 48.5 Å². The van der Waals surface area contributed by atoms with Gasteiger partial charge in [0.15, 0.2) is 5.16 Å². The van der Waals surface area contributed by atoms with Gasteiger partial charge < -0.3 is 10.1 Å². The van der Waals surface area contributed by atoms with Gasteiger partial charge in [0.2, 0.25) is 5.91 Å². The van der Waals surface area contributed by atoms with Gasteiger partial charge in [-0.3, -0.25) is 19.1 Å². The number of aromatic nitrogens is 2. The molecule has 3 aromatic rings. The number of nitrogens with one attached hydrogen (secondary N) is 1. The number of morpholine rings is 1. The van der Waals surface area contributed by atoms with E-state index < -0.39 is 0 Å². The summed E-state index contributed by atoms with van der Waals surface area (Å²) in [6.07, 6.45) is 5.89. The maximum absolute atomic E-state index is 13.3. The maximum Gasteiger partial charge on any atom is 0.266 e. The zero-order chi connectivity index (χ0) is 24.1. The second kappa shape index (κ2) is 10.9. The number of thioether (sulfide) groups is 1. The van der Waals surface area contributed by atoms with Crippen LogP contribution in [0.2, 0.25) is 0 Å². The van der Waals surface area contributed by atoms with Gasteiger partial charge in [0.1, 0.15) is 0 Å². The van der Waals surface area contributed by atoms with E-state index in [4.69, 9.17) is 9.72 Å². The van der Waals surface area contributed by atoms with Crippen LogP contribution in [0.25, 0.3) is 16.6 Å². The second-order valence-corrected chi connectivity index (χ2v) is 10.3. The lowest BCUT2D eigenvalue weighted by Gasteiger charge is -2.48. The standard InChI is InChI=1S/C27H32N4O3S/c32-24(28-20-27(13-7-2-8-14-27)30-15-17-34-18-16-30)19-35-26-29-23-12-6-5-11-22(23)25(33)31(26)21-9-3-1-4-10-21/h1,3-6,9-12H,2,7-8,13-20H2,(H,28,32). The topological polar surface area (TPSA) is 76.5 Å². The van der Waals surface area contributed by atoms with Crippen LogP contribution in [0.3, 0.4) is 0 Å². The number of benzene rings is 2. The molecule has 1 N–H and O–H groups in total. The van der Waals surface area contributed by atoms with Gasteiger partial charge >= 0.3 is 0 Å². The Labute approximate surface area is 209 Å². The van der Waals surface area contributed by atoms with Crippen molar-refractivity contribution >= 4 is 28.6 Å². The SMILES string of the molecule is O=C(CSc1nc2ccccc2c(=O)n1-c1ccccc1)NCC1(N2CCOCC2)CCCCC1. The molecule has 0 atom stereocenters. The summed E-state index contributed by atoms with van der Waals surface area (Å²) in [5.74, 6) is 0.173. The van der Waals surface area contributed by atoms with Crippen LogP contribution >= 0.6 is 11.8 Å². The van der Waals surface area contributed by atoms with E-state index in [0.717, 1.165) is 44.8 Å². The van der Waals surface area contributed by atoms with Crippen LogP contribution in [0.15, 0.2) is 64.5 Å². The molecular weight excluding hydrogens is 460 g/mol. The normalized spacial score (nSPS) is 18.4. The van der Waals surface area contributed by atoms with Gasteiger partial charge in [0.05, 0.1) is 35.6 Å². The van der Waals surface area contributed by atoms with Crippen molar-refractivity contribution in [3.8, 4) is 5.69 Å². The smallest absolute Gasteiger partial charge is 0.266 e. The molecule has 0 unspecified atom stereocenters. The summed E-state index contributed by atoms with van der Waals surface area (Å²) in [5, 5.41) is 4.30. The number of carbonyl (C=O) groups is 1. The first kappa shape index (κ1) is 24.0. The number of carbonyl (C=O) groups excluding carboxylic acids is 1. The molecule has 5 rings (SSSR count). The Morgan fingerprint density at radius 1 is 1.00 bits per heavy atom. The minimum atomic E-state index is -0.127. The number of amides is 1. The molecule has 2 aromatic carbocycles. The van der Waals surface area contributed by atoms with Crippen LogP contribution in [0.4, 0.5) is 0 Å². The quantitative estimate of drug-likeness (QED) is 0.401. The highest BCUT2D eigenvalue weighted by Gasteiger charge is 2.38. The zero-order valence-electron chi connectivity index (χ0n) is 19.9. The fourth-order valence-electron chi connectivity index (χ4n) is 5.31. The van der Waals surface area contributed by atoms with Crippen molar-refractivity contribution in [1.29, 1.82) is 0 Å². The van der Waals surface area contributed by atoms with Crippen molar-refractivity contribution in [3.63, 3.8) is 0 Å². The molecule has 2 fully saturated rings. The highest BCUT2D eigenvalue weighted by atomic mass is 32.2. The summed E-state index contributed by atoms with van der Waals surface area (Å²) >= 11 is 1.31. The number of para-hydroxylation sites is 2. The molecule has 0 radical (unpaired) electrons. The highest BCUT2D eigenvalue weighted by molar-refractivity contribution is 7.99. The Hall–Kier alpha value is -2.68. The van der Waals surface area contributed by atoms with E-state index in [1.165, 1.54) is 31.0 Å². The number of hydrogen-bond acceptors (Lipinski definition) is 6. The fraction of sp³-hybridized carbons (Fsp3) is 0.444. The highest BCUT2D eigenvalue weighted by Crippen LogP contribution is 2.34. The summed E-state index contributed by atoms with van der Waals surface area (Å²) in [6.45, 7) is 4.03. The third-order valence-corrected chi connectivity index (χ3v) is 8.11. The van der Waals surface area contributed by atoms with Crippen LogP contribution in [-0.4, -0.2) is 64.5 Å². The number of nitrogens with zero attached hydrogens (tertiary/aromatic N) is 3. The molecule has 0 spiro atoms. The number of rotatable bonds is 7. The number of fused-ring (bicyclic) bond motifs is 1. The molecule has 184 valence electrons. The summed E-state index contributed by atoms with van der Waals surface area (Å²) in [5.41, 5.74) is 1.28. The molecule has 1 aromatic heterocycles. The van der Waals surface area contributed by atoms with E-state index in [2.05, 4.69) is 10.2 Å². The average Bonchev–Trinajstić information content (AvgIpc) is 2.92. The average molecular weight is 493 g/mol. The van der Waals surface area contributed by atoms with E-state index >= 15 is 0 Å². The third kappa shape index (κ3) is 5.29. The van der Waals surface area contributed by atoms with Gasteiger partial charge in [-0.25, -0.2) is 4.98 Å². The fourth-order valence-corrected chi connectivity index (χ4v) is 6.15. The van der Waals surface area contributed by atoms with Gasteiger partial charge in [-0.15, -0.1) is 0 Å². The Morgan fingerprint density at radius 3 is 2.49 bits per heavy atom. The Bertz CT molecular complexity index is 1220. The lowest BCUT2D eigenvalue weighted by atomic mass is 9.79. The first-order valence-corrected chi connectivity index (χ1v) is 13.4. The van der Waals surface area contributed by atoms with Gasteiger partial charge in [0.25, 0.3) is 5.56 Å². The van der Waals surface area contributed by atoms with Gasteiger partial charge in [-0.05, 0) is 37.1 Å². The van der Waals surface area contributed by atoms with Crippen LogP contribution in [-0.2, 0) is 9.53 Å². The Morgan fingerprint density at radius 2 is 1.71 bits per heavy atom. The van der Waals surface area contributed by atoms with Crippen molar-refractivity contribution in [1.82, 2.24) is 19.8 Å². The van der Waals surface area contributed by atoms with Crippen LogP contribution in [0.5, 0.6) is 0 Å². The van der Waals surface area contributed by atoms with Crippen molar-refractivity contribution in [2.75, 3.05) is 38.6 Å². The second-order valence-electron chi connectivity index (χ2n) is 9.34. The molecule has 1 saturated carbocycles. The third-order valence-electron chi connectivity index (χ3n) is 7.17. The van der Waals surface area contributed by atoms with Crippen molar-refractivity contribution in [2.24, 2.45) is 0 Å². The molecular formula is C27H32N4O3S.